The van der Waals surface area contributed by atoms with Crippen molar-refractivity contribution in [3.8, 4) is 0 Å². The van der Waals surface area contributed by atoms with E-state index in [0.717, 1.165) is 38.3 Å². The molecule has 1 aliphatic heterocycles. The summed E-state index contributed by atoms with van der Waals surface area (Å²) in [5.41, 5.74) is 2.60. The zero-order valence-electron chi connectivity index (χ0n) is 16.1. The van der Waals surface area contributed by atoms with Crippen LogP contribution in [0.2, 0.25) is 0 Å². The van der Waals surface area contributed by atoms with Crippen LogP contribution >= 0.6 is 0 Å². The van der Waals surface area contributed by atoms with Crippen LogP contribution in [0.15, 0.2) is 59.3 Å². The van der Waals surface area contributed by atoms with E-state index in [2.05, 4.69) is 62.0 Å². The minimum Gasteiger partial charge on any atom is -0.372 e. The summed E-state index contributed by atoms with van der Waals surface area (Å²) in [7, 11) is 2.16. The van der Waals surface area contributed by atoms with Crippen LogP contribution in [0.4, 0.5) is 5.95 Å². The third kappa shape index (κ3) is 3.77. The Labute approximate surface area is 163 Å². The lowest BCUT2D eigenvalue weighted by Crippen LogP contribution is -2.43. The van der Waals surface area contributed by atoms with Gasteiger partial charge in [0.05, 0.1) is 6.54 Å². The van der Waals surface area contributed by atoms with Crippen molar-refractivity contribution in [1.82, 2.24) is 29.5 Å². The van der Waals surface area contributed by atoms with E-state index in [1.165, 1.54) is 10.4 Å². The van der Waals surface area contributed by atoms with Gasteiger partial charge in [0.2, 0.25) is 5.95 Å². The van der Waals surface area contributed by atoms with Crippen LogP contribution in [0.5, 0.6) is 0 Å². The maximum absolute atomic E-state index is 12.2. The number of aromatic amines is 1. The molecule has 2 N–H and O–H groups in total. The van der Waals surface area contributed by atoms with Crippen molar-refractivity contribution < 1.29 is 0 Å². The molecule has 2 aliphatic rings. The summed E-state index contributed by atoms with van der Waals surface area (Å²) in [4.78, 5) is 25.7. The molecule has 0 unspecified atom stereocenters. The van der Waals surface area contributed by atoms with Gasteiger partial charge in [0.15, 0.2) is 5.65 Å². The average Bonchev–Trinajstić information content (AvgIpc) is 2.85. The molecule has 3 heterocycles. The standard InChI is InChI=1S/C20H25N7O/c1-3-9-27-19(28)17-14-21-20(23-18(17)24-27)22-15-5-4-6-16(8-7-15)26-12-10-25(2)11-13-26/h3-5,7-8,14H,1,6,9-13H2,2H3,(H2,21,22,23,24). The predicted molar refractivity (Wildman–Crippen MR) is 111 cm³/mol. The Balaban J connectivity index is 1.52. The van der Waals surface area contributed by atoms with Crippen LogP contribution in [0.1, 0.15) is 6.42 Å². The van der Waals surface area contributed by atoms with E-state index in [1.807, 2.05) is 6.08 Å². The molecule has 1 saturated heterocycles. The van der Waals surface area contributed by atoms with Crippen LogP contribution in [-0.2, 0) is 6.54 Å². The van der Waals surface area contributed by atoms with E-state index >= 15 is 0 Å². The van der Waals surface area contributed by atoms with E-state index < -0.39 is 0 Å². The third-order valence-electron chi connectivity index (χ3n) is 5.06. The van der Waals surface area contributed by atoms with Gasteiger partial charge < -0.3 is 15.1 Å². The first kappa shape index (κ1) is 18.2. The largest absolute Gasteiger partial charge is 0.372 e. The first-order valence-electron chi connectivity index (χ1n) is 9.48. The van der Waals surface area contributed by atoms with Gasteiger partial charge >= 0.3 is 0 Å². The number of fused-ring (bicyclic) bond motifs is 1. The number of H-pyrrole nitrogens is 1. The van der Waals surface area contributed by atoms with E-state index in [-0.39, 0.29) is 5.56 Å². The van der Waals surface area contributed by atoms with Crippen LogP contribution in [0.3, 0.4) is 0 Å². The highest BCUT2D eigenvalue weighted by Gasteiger charge is 2.16. The Kier molecular flexibility index (Phi) is 5.12. The van der Waals surface area contributed by atoms with Crippen molar-refractivity contribution in [2.75, 3.05) is 38.5 Å². The van der Waals surface area contributed by atoms with Crippen molar-refractivity contribution >= 4 is 17.0 Å². The molecule has 0 bridgehead atoms. The molecule has 8 heteroatoms. The fourth-order valence-corrected chi connectivity index (χ4v) is 3.42. The fraction of sp³-hybridized carbons (Fsp3) is 0.350. The number of nitrogens with zero attached hydrogens (tertiary/aromatic N) is 5. The molecular formula is C20H25N7O. The Bertz CT molecular complexity index is 1020. The SMILES string of the molecule is C=CCn1[nH]c2nc(NC3=CC=C(N4CCN(C)CC4)CC=C3)ncc2c1=O. The number of likely N-dealkylation sites (N-methyl/N-ethyl adjacent to an activating group) is 1. The lowest BCUT2D eigenvalue weighted by Gasteiger charge is -2.35. The number of rotatable bonds is 5. The highest BCUT2D eigenvalue weighted by molar-refractivity contribution is 5.74. The summed E-state index contributed by atoms with van der Waals surface area (Å²) in [6.07, 6.45) is 12.5. The minimum absolute atomic E-state index is 0.144. The maximum Gasteiger partial charge on any atom is 0.277 e. The number of hydrogen-bond donors (Lipinski definition) is 2. The second-order valence-electron chi connectivity index (χ2n) is 7.07. The summed E-state index contributed by atoms with van der Waals surface area (Å²) in [5.74, 6) is 0.451. The van der Waals surface area contributed by atoms with Gasteiger partial charge in [-0.2, -0.15) is 4.98 Å². The summed E-state index contributed by atoms with van der Waals surface area (Å²) >= 11 is 0. The number of allylic oxidation sites excluding steroid dienone is 5. The minimum atomic E-state index is -0.144. The first-order valence-corrected chi connectivity index (χ1v) is 9.48. The van der Waals surface area contributed by atoms with Gasteiger partial charge in [-0.3, -0.25) is 9.89 Å². The van der Waals surface area contributed by atoms with Gasteiger partial charge in [-0.1, -0.05) is 12.2 Å². The molecule has 0 radical (unpaired) electrons. The highest BCUT2D eigenvalue weighted by atomic mass is 16.1. The highest BCUT2D eigenvalue weighted by Crippen LogP contribution is 2.18. The van der Waals surface area contributed by atoms with Crippen molar-refractivity contribution in [3.63, 3.8) is 0 Å². The molecule has 4 rings (SSSR count). The third-order valence-corrected chi connectivity index (χ3v) is 5.06. The van der Waals surface area contributed by atoms with E-state index in [4.69, 9.17) is 0 Å². The van der Waals surface area contributed by atoms with Crippen molar-refractivity contribution in [1.29, 1.82) is 0 Å². The van der Waals surface area contributed by atoms with Crippen LogP contribution < -0.4 is 10.9 Å². The van der Waals surface area contributed by atoms with Crippen molar-refractivity contribution in [2.45, 2.75) is 13.0 Å². The molecule has 0 aromatic carbocycles. The molecule has 1 aliphatic carbocycles. The lowest BCUT2D eigenvalue weighted by atomic mass is 10.2. The molecule has 0 atom stereocenters. The number of anilines is 1. The number of hydrogen-bond acceptors (Lipinski definition) is 6. The molecule has 146 valence electrons. The molecule has 8 nitrogen and oxygen atoms in total. The Hall–Kier alpha value is -3.13. The molecule has 2 aromatic heterocycles. The number of piperazine rings is 1. The van der Waals surface area contributed by atoms with Crippen LogP contribution in [-0.4, -0.2) is 62.8 Å². The monoisotopic (exact) mass is 379 g/mol. The zero-order valence-corrected chi connectivity index (χ0v) is 16.1. The lowest BCUT2D eigenvalue weighted by molar-refractivity contribution is 0.184. The zero-order chi connectivity index (χ0) is 19.5. The molecule has 0 amide bonds. The van der Waals surface area contributed by atoms with Gasteiger partial charge in [0.1, 0.15) is 5.39 Å². The fourth-order valence-electron chi connectivity index (χ4n) is 3.42. The first-order chi connectivity index (χ1) is 13.6. The Morgan fingerprint density at radius 1 is 1.29 bits per heavy atom. The van der Waals surface area contributed by atoms with Gasteiger partial charge in [-0.25, -0.2) is 9.67 Å². The predicted octanol–water partition coefficient (Wildman–Crippen LogP) is 1.69. The van der Waals surface area contributed by atoms with Crippen molar-refractivity contribution in [2.24, 2.45) is 0 Å². The molecule has 0 spiro atoms. The molecule has 1 fully saturated rings. The summed E-state index contributed by atoms with van der Waals surface area (Å²) in [6, 6.07) is 0. The topological polar surface area (TPSA) is 82.1 Å². The Morgan fingerprint density at radius 2 is 2.11 bits per heavy atom. The normalized spacial score (nSPS) is 18.0. The van der Waals surface area contributed by atoms with Crippen molar-refractivity contribution in [3.05, 3.63) is 64.9 Å². The Morgan fingerprint density at radius 3 is 2.89 bits per heavy atom. The molecule has 28 heavy (non-hydrogen) atoms. The number of aromatic nitrogens is 4. The molecule has 0 saturated carbocycles. The summed E-state index contributed by atoms with van der Waals surface area (Å²) < 4.78 is 1.46. The van der Waals surface area contributed by atoms with Crippen LogP contribution in [0, 0.1) is 0 Å². The number of nitrogens with one attached hydrogen (secondary N) is 2. The van der Waals surface area contributed by atoms with Gasteiger partial charge in [0.25, 0.3) is 5.56 Å². The smallest absolute Gasteiger partial charge is 0.277 e. The summed E-state index contributed by atoms with van der Waals surface area (Å²) in [6.45, 7) is 8.36. The van der Waals surface area contributed by atoms with E-state index in [0.29, 0.717) is 23.5 Å². The van der Waals surface area contributed by atoms with Gasteiger partial charge in [0, 0.05) is 50.2 Å². The van der Waals surface area contributed by atoms with E-state index in [9.17, 15) is 4.79 Å². The van der Waals surface area contributed by atoms with E-state index in [1.54, 1.807) is 12.3 Å². The second kappa shape index (κ2) is 7.85. The maximum atomic E-state index is 12.2. The second-order valence-corrected chi connectivity index (χ2v) is 7.07. The molecule has 2 aromatic rings. The summed E-state index contributed by atoms with van der Waals surface area (Å²) in [5, 5.41) is 6.69. The van der Waals surface area contributed by atoms with Gasteiger partial charge in [-0.15, -0.1) is 6.58 Å². The average molecular weight is 379 g/mol. The molecular weight excluding hydrogens is 354 g/mol. The van der Waals surface area contributed by atoms with Gasteiger partial charge in [-0.05, 0) is 25.3 Å². The quantitative estimate of drug-likeness (QED) is 0.770. The van der Waals surface area contributed by atoms with Crippen LogP contribution in [0.25, 0.3) is 11.0 Å².